The molecule has 2 fully saturated rings. The maximum absolute atomic E-state index is 13.0. The Kier molecular flexibility index (Phi) is 4.99. The normalized spacial score (nSPS) is 24.5. The lowest BCUT2D eigenvalue weighted by molar-refractivity contribution is -0.174. The van der Waals surface area contributed by atoms with Crippen LogP contribution < -0.4 is 0 Å². The molecule has 0 aliphatic carbocycles. The van der Waals surface area contributed by atoms with Crippen molar-refractivity contribution in [1.29, 1.82) is 0 Å². The predicted molar refractivity (Wildman–Crippen MR) is 88.7 cm³/mol. The molecule has 0 radical (unpaired) electrons. The van der Waals surface area contributed by atoms with Crippen LogP contribution in [-0.4, -0.2) is 53.7 Å². The average molecular weight is 344 g/mol. The van der Waals surface area contributed by atoms with Gasteiger partial charge in [-0.2, -0.15) is 0 Å². The minimum atomic E-state index is -2.73. The molecular weight excluding hydrogens is 314 g/mol. The second-order valence-corrected chi connectivity index (χ2v) is 9.11. The molecule has 2 aliphatic rings. The maximum Gasteiger partial charge on any atom is 0.282 e. The molecule has 2 saturated heterocycles. The van der Waals surface area contributed by atoms with Crippen molar-refractivity contribution in [3.63, 3.8) is 0 Å². The third-order valence-corrected chi connectivity index (χ3v) is 4.96. The first-order chi connectivity index (χ1) is 10.8. The van der Waals surface area contributed by atoms with Gasteiger partial charge in [0, 0.05) is 23.9 Å². The first-order valence-electron chi connectivity index (χ1n) is 8.78. The first kappa shape index (κ1) is 19.1. The highest BCUT2D eigenvalue weighted by Crippen LogP contribution is 2.37. The highest BCUT2D eigenvalue weighted by molar-refractivity contribution is 5.83. The first-order valence-corrected chi connectivity index (χ1v) is 8.78. The molecule has 4 nitrogen and oxygen atoms in total. The van der Waals surface area contributed by atoms with Crippen LogP contribution in [0.4, 0.5) is 8.78 Å². The van der Waals surface area contributed by atoms with Crippen molar-refractivity contribution in [2.45, 2.75) is 59.8 Å². The molecule has 0 aromatic heterocycles. The Labute approximate surface area is 143 Å². The highest BCUT2D eigenvalue weighted by Gasteiger charge is 2.49. The fourth-order valence-electron chi connectivity index (χ4n) is 3.78. The number of halogens is 2. The number of carbonyl (C=O) groups excluding carboxylic acids is 2. The molecule has 1 atom stereocenters. The van der Waals surface area contributed by atoms with E-state index in [1.54, 1.807) is 0 Å². The van der Waals surface area contributed by atoms with Crippen molar-refractivity contribution < 1.29 is 18.4 Å². The summed E-state index contributed by atoms with van der Waals surface area (Å²) in [5.41, 5.74) is -1.08. The van der Waals surface area contributed by atoms with E-state index >= 15 is 0 Å². The molecule has 0 saturated carbocycles. The number of nitrogens with zero attached hydrogens (tertiary/aromatic N) is 2. The average Bonchev–Trinajstić information content (AvgIpc) is 2.41. The minimum absolute atomic E-state index is 0.138. The lowest BCUT2D eigenvalue weighted by Crippen LogP contribution is -2.61. The van der Waals surface area contributed by atoms with Gasteiger partial charge in [0.05, 0.1) is 13.1 Å². The van der Waals surface area contributed by atoms with E-state index in [-0.39, 0.29) is 17.7 Å². The van der Waals surface area contributed by atoms with Crippen LogP contribution in [0.25, 0.3) is 0 Å². The molecule has 2 rings (SSSR count). The summed E-state index contributed by atoms with van der Waals surface area (Å²) in [5.74, 6) is -2.55. The zero-order chi connectivity index (χ0) is 18.3. The van der Waals surface area contributed by atoms with Crippen LogP contribution in [-0.2, 0) is 9.59 Å². The molecule has 0 aromatic rings. The summed E-state index contributed by atoms with van der Waals surface area (Å²) in [5, 5.41) is 0. The third kappa shape index (κ3) is 4.25. The Hall–Kier alpha value is -1.20. The van der Waals surface area contributed by atoms with Gasteiger partial charge in [0.25, 0.3) is 5.92 Å². The fraction of sp³-hybridized carbons (Fsp3) is 0.889. The molecule has 0 N–H and O–H groups in total. The molecule has 0 aromatic carbocycles. The quantitative estimate of drug-likeness (QED) is 0.789. The van der Waals surface area contributed by atoms with Gasteiger partial charge in [0.2, 0.25) is 11.8 Å². The lowest BCUT2D eigenvalue weighted by Gasteiger charge is -2.44. The van der Waals surface area contributed by atoms with Crippen molar-refractivity contribution >= 4 is 11.8 Å². The van der Waals surface area contributed by atoms with E-state index in [2.05, 4.69) is 0 Å². The number of likely N-dealkylation sites (tertiary alicyclic amines) is 2. The molecule has 24 heavy (non-hydrogen) atoms. The van der Waals surface area contributed by atoms with Crippen molar-refractivity contribution in [2.24, 2.45) is 16.7 Å². The van der Waals surface area contributed by atoms with Crippen molar-refractivity contribution in [2.75, 3.05) is 26.2 Å². The SMILES string of the molecule is CC(C)(C)C(=O)N1CCCC(CC(C)(C)C(=O)N2CC(F)(F)C2)C1. The molecule has 6 heteroatoms. The Balaban J connectivity index is 1.94. The monoisotopic (exact) mass is 344 g/mol. The summed E-state index contributed by atoms with van der Waals surface area (Å²) >= 11 is 0. The Bertz CT molecular complexity index is 504. The Morgan fingerprint density at radius 3 is 2.12 bits per heavy atom. The van der Waals surface area contributed by atoms with Gasteiger partial charge in [-0.05, 0) is 25.2 Å². The summed E-state index contributed by atoms with van der Waals surface area (Å²) in [6.45, 7) is 9.89. The number of amides is 2. The molecule has 2 aliphatic heterocycles. The van der Waals surface area contributed by atoms with E-state index in [0.29, 0.717) is 13.0 Å². The van der Waals surface area contributed by atoms with Crippen LogP contribution in [0.15, 0.2) is 0 Å². The summed E-state index contributed by atoms with van der Waals surface area (Å²) in [6.07, 6.45) is 2.53. The zero-order valence-electron chi connectivity index (χ0n) is 15.5. The van der Waals surface area contributed by atoms with Gasteiger partial charge in [0.1, 0.15) is 0 Å². The number of hydrogen-bond donors (Lipinski definition) is 0. The van der Waals surface area contributed by atoms with Gasteiger partial charge >= 0.3 is 0 Å². The number of rotatable bonds is 3. The largest absolute Gasteiger partial charge is 0.342 e. The van der Waals surface area contributed by atoms with Crippen LogP contribution >= 0.6 is 0 Å². The summed E-state index contributed by atoms with van der Waals surface area (Å²) in [7, 11) is 0. The summed E-state index contributed by atoms with van der Waals surface area (Å²) in [4.78, 5) is 28.1. The summed E-state index contributed by atoms with van der Waals surface area (Å²) in [6, 6.07) is 0. The molecule has 0 bridgehead atoms. The van der Waals surface area contributed by atoms with Crippen LogP contribution in [0.1, 0.15) is 53.9 Å². The Morgan fingerprint density at radius 1 is 1.04 bits per heavy atom. The molecule has 138 valence electrons. The number of hydrogen-bond acceptors (Lipinski definition) is 2. The van der Waals surface area contributed by atoms with Gasteiger partial charge in [-0.3, -0.25) is 9.59 Å². The van der Waals surface area contributed by atoms with Gasteiger partial charge < -0.3 is 9.80 Å². The maximum atomic E-state index is 13.0. The second kappa shape index (κ2) is 6.26. The standard InChI is InChI=1S/C18H30F2N2O2/c1-16(2,3)14(23)21-8-6-7-13(10-21)9-17(4,5)15(24)22-11-18(19,20)12-22/h13H,6-12H2,1-5H3. The van der Waals surface area contributed by atoms with E-state index < -0.39 is 29.8 Å². The van der Waals surface area contributed by atoms with Gasteiger partial charge in [-0.15, -0.1) is 0 Å². The highest BCUT2D eigenvalue weighted by atomic mass is 19.3. The molecule has 2 amide bonds. The number of alkyl halides is 2. The minimum Gasteiger partial charge on any atom is -0.342 e. The smallest absolute Gasteiger partial charge is 0.282 e. The topological polar surface area (TPSA) is 40.6 Å². The molecular formula is C18H30F2N2O2. The predicted octanol–water partition coefficient (Wildman–Crippen LogP) is 3.16. The van der Waals surface area contributed by atoms with E-state index in [4.69, 9.17) is 0 Å². The third-order valence-electron chi connectivity index (χ3n) is 4.96. The van der Waals surface area contributed by atoms with Crippen LogP contribution in [0.2, 0.25) is 0 Å². The van der Waals surface area contributed by atoms with Crippen LogP contribution in [0, 0.1) is 16.7 Å². The molecule has 2 heterocycles. The fourth-order valence-corrected chi connectivity index (χ4v) is 3.78. The van der Waals surface area contributed by atoms with E-state index in [0.717, 1.165) is 19.4 Å². The van der Waals surface area contributed by atoms with Crippen molar-refractivity contribution in [3.8, 4) is 0 Å². The van der Waals surface area contributed by atoms with Gasteiger partial charge in [-0.25, -0.2) is 8.78 Å². The molecule has 1 unspecified atom stereocenters. The van der Waals surface area contributed by atoms with E-state index in [1.807, 2.05) is 39.5 Å². The van der Waals surface area contributed by atoms with Crippen LogP contribution in [0.3, 0.4) is 0 Å². The zero-order valence-corrected chi connectivity index (χ0v) is 15.5. The molecule has 0 spiro atoms. The van der Waals surface area contributed by atoms with E-state index in [1.165, 1.54) is 4.90 Å². The van der Waals surface area contributed by atoms with Crippen LogP contribution in [0.5, 0.6) is 0 Å². The Morgan fingerprint density at radius 2 is 1.62 bits per heavy atom. The van der Waals surface area contributed by atoms with Crippen molar-refractivity contribution in [1.82, 2.24) is 9.80 Å². The van der Waals surface area contributed by atoms with E-state index in [9.17, 15) is 18.4 Å². The lowest BCUT2D eigenvalue weighted by atomic mass is 9.77. The second-order valence-electron chi connectivity index (χ2n) is 9.11. The van der Waals surface area contributed by atoms with Gasteiger partial charge in [0.15, 0.2) is 0 Å². The van der Waals surface area contributed by atoms with Crippen molar-refractivity contribution in [3.05, 3.63) is 0 Å². The summed E-state index contributed by atoms with van der Waals surface area (Å²) < 4.78 is 26.0. The van der Waals surface area contributed by atoms with Gasteiger partial charge in [-0.1, -0.05) is 34.6 Å². The number of carbonyl (C=O) groups is 2. The number of piperidine rings is 1.